The fourth-order valence-electron chi connectivity index (χ4n) is 3.44. The molecule has 0 saturated carbocycles. The molecule has 1 aromatic carbocycles. The van der Waals surface area contributed by atoms with Crippen LogP contribution in [-0.2, 0) is 13.0 Å². The minimum Gasteiger partial charge on any atom is -0.493 e. The minimum absolute atomic E-state index is 0. The molecular formula is C21H28ClN3O4. The van der Waals surface area contributed by atoms with Crippen molar-refractivity contribution in [2.45, 2.75) is 32.4 Å². The summed E-state index contributed by atoms with van der Waals surface area (Å²) in [6, 6.07) is 7.59. The molecule has 2 aromatic rings. The van der Waals surface area contributed by atoms with Gasteiger partial charge in [0.25, 0.3) is 11.5 Å². The Kier molecular flexibility index (Phi) is 8.10. The zero-order valence-corrected chi connectivity index (χ0v) is 17.8. The van der Waals surface area contributed by atoms with Crippen molar-refractivity contribution in [1.29, 1.82) is 0 Å². The molecule has 158 valence electrons. The van der Waals surface area contributed by atoms with E-state index in [2.05, 4.69) is 10.6 Å². The summed E-state index contributed by atoms with van der Waals surface area (Å²) in [6.07, 6.45) is 3.26. The van der Waals surface area contributed by atoms with Crippen LogP contribution in [0.2, 0.25) is 0 Å². The number of benzene rings is 1. The number of hydrogen-bond acceptors (Lipinski definition) is 5. The molecule has 1 amide bonds. The van der Waals surface area contributed by atoms with Crippen LogP contribution in [0.25, 0.3) is 0 Å². The van der Waals surface area contributed by atoms with Crippen LogP contribution in [0.5, 0.6) is 11.5 Å². The van der Waals surface area contributed by atoms with Gasteiger partial charge < -0.3 is 24.7 Å². The molecule has 3 rings (SSSR count). The summed E-state index contributed by atoms with van der Waals surface area (Å²) in [4.78, 5) is 25.5. The summed E-state index contributed by atoms with van der Waals surface area (Å²) < 4.78 is 12.2. The number of aryl methyl sites for hydroxylation is 3. The third-order valence-electron chi connectivity index (χ3n) is 5.09. The van der Waals surface area contributed by atoms with Gasteiger partial charge in [-0.3, -0.25) is 9.59 Å². The second-order valence-electron chi connectivity index (χ2n) is 6.97. The van der Waals surface area contributed by atoms with Crippen LogP contribution in [-0.4, -0.2) is 43.8 Å². The highest BCUT2D eigenvalue weighted by atomic mass is 35.5. The van der Waals surface area contributed by atoms with E-state index in [0.717, 1.165) is 25.1 Å². The standard InChI is InChI=1S/C21H27N3O4.ClH/c1-14-7-10-24(11-8-15-4-5-17(27-2)18(12-15)28-3)21(26)19(14)20(25)23-16-6-9-22-13-16;/h4-5,7,10,12,16,22H,6,8-9,11,13H2,1-3H3,(H,23,25);1H/t16-;/m0./s1. The van der Waals surface area contributed by atoms with Crippen LogP contribution >= 0.6 is 12.4 Å². The maximum absolute atomic E-state index is 12.9. The molecule has 1 aliphatic rings. The summed E-state index contributed by atoms with van der Waals surface area (Å²) in [6.45, 7) is 3.89. The Balaban J connectivity index is 0.00000300. The van der Waals surface area contributed by atoms with E-state index in [-0.39, 0.29) is 35.5 Å². The number of carbonyl (C=O) groups is 1. The fourth-order valence-corrected chi connectivity index (χ4v) is 3.44. The first-order valence-corrected chi connectivity index (χ1v) is 9.46. The molecule has 0 aliphatic carbocycles. The summed E-state index contributed by atoms with van der Waals surface area (Å²) in [5.41, 5.74) is 1.68. The monoisotopic (exact) mass is 421 g/mol. The molecule has 2 heterocycles. The van der Waals surface area contributed by atoms with Crippen molar-refractivity contribution in [3.63, 3.8) is 0 Å². The molecule has 1 atom stereocenters. The van der Waals surface area contributed by atoms with E-state index in [0.29, 0.717) is 30.0 Å². The molecule has 0 bridgehead atoms. The number of hydrogen-bond donors (Lipinski definition) is 2. The van der Waals surface area contributed by atoms with Crippen molar-refractivity contribution in [2.24, 2.45) is 0 Å². The number of pyridine rings is 1. The molecule has 1 aromatic heterocycles. The Bertz CT molecular complexity index is 907. The summed E-state index contributed by atoms with van der Waals surface area (Å²) in [5, 5.41) is 6.17. The van der Waals surface area contributed by atoms with Crippen LogP contribution in [0.1, 0.15) is 27.9 Å². The third kappa shape index (κ3) is 5.31. The second kappa shape index (κ2) is 10.3. The van der Waals surface area contributed by atoms with Crippen LogP contribution in [0.15, 0.2) is 35.3 Å². The number of nitrogens with zero attached hydrogens (tertiary/aromatic N) is 1. The summed E-state index contributed by atoms with van der Waals surface area (Å²) in [7, 11) is 3.19. The average molecular weight is 422 g/mol. The van der Waals surface area contributed by atoms with Gasteiger partial charge in [-0.2, -0.15) is 0 Å². The Morgan fingerprint density at radius 3 is 2.66 bits per heavy atom. The van der Waals surface area contributed by atoms with Gasteiger partial charge in [0.1, 0.15) is 5.56 Å². The summed E-state index contributed by atoms with van der Waals surface area (Å²) >= 11 is 0. The number of nitrogens with one attached hydrogen (secondary N) is 2. The topological polar surface area (TPSA) is 81.6 Å². The smallest absolute Gasteiger partial charge is 0.263 e. The number of methoxy groups -OCH3 is 2. The average Bonchev–Trinajstić information content (AvgIpc) is 3.20. The number of aromatic nitrogens is 1. The molecule has 0 unspecified atom stereocenters. The van der Waals surface area contributed by atoms with Crippen molar-refractivity contribution in [2.75, 3.05) is 27.3 Å². The van der Waals surface area contributed by atoms with Crippen LogP contribution in [0, 0.1) is 6.92 Å². The number of halogens is 1. The van der Waals surface area contributed by atoms with Gasteiger partial charge in [0.15, 0.2) is 11.5 Å². The largest absolute Gasteiger partial charge is 0.493 e. The highest BCUT2D eigenvalue weighted by Crippen LogP contribution is 2.27. The van der Waals surface area contributed by atoms with Crippen molar-refractivity contribution >= 4 is 18.3 Å². The zero-order valence-electron chi connectivity index (χ0n) is 17.0. The van der Waals surface area contributed by atoms with E-state index in [1.165, 1.54) is 0 Å². The SMILES string of the molecule is COc1ccc(CCn2ccc(C)c(C(=O)N[C@H]3CCNC3)c2=O)cc1OC.Cl. The predicted molar refractivity (Wildman–Crippen MR) is 115 cm³/mol. The first-order valence-electron chi connectivity index (χ1n) is 9.46. The first kappa shape index (κ1) is 22.8. The summed E-state index contributed by atoms with van der Waals surface area (Å²) in [5.74, 6) is 1.03. The van der Waals surface area contributed by atoms with Crippen molar-refractivity contribution in [1.82, 2.24) is 15.2 Å². The molecule has 0 radical (unpaired) electrons. The van der Waals surface area contributed by atoms with E-state index in [1.54, 1.807) is 31.9 Å². The number of amides is 1. The molecular weight excluding hydrogens is 394 g/mol. The lowest BCUT2D eigenvalue weighted by Gasteiger charge is -2.14. The van der Waals surface area contributed by atoms with Gasteiger partial charge in [0.05, 0.1) is 14.2 Å². The molecule has 1 aliphatic heterocycles. The quantitative estimate of drug-likeness (QED) is 0.714. The van der Waals surface area contributed by atoms with Crippen molar-refractivity contribution in [3.05, 3.63) is 57.5 Å². The Labute approximate surface area is 176 Å². The molecule has 2 N–H and O–H groups in total. The molecule has 8 heteroatoms. The lowest BCUT2D eigenvalue weighted by Crippen LogP contribution is -2.40. The van der Waals surface area contributed by atoms with E-state index in [9.17, 15) is 9.59 Å². The van der Waals surface area contributed by atoms with Crippen molar-refractivity contribution < 1.29 is 14.3 Å². The molecule has 1 fully saturated rings. The minimum atomic E-state index is -0.295. The van der Waals surface area contributed by atoms with E-state index < -0.39 is 0 Å². The van der Waals surface area contributed by atoms with E-state index in [1.807, 2.05) is 24.3 Å². The van der Waals surface area contributed by atoms with Gasteiger partial charge in [0, 0.05) is 25.3 Å². The van der Waals surface area contributed by atoms with E-state index >= 15 is 0 Å². The molecule has 1 saturated heterocycles. The van der Waals surface area contributed by atoms with Gasteiger partial charge in [-0.1, -0.05) is 6.07 Å². The van der Waals surface area contributed by atoms with Gasteiger partial charge >= 0.3 is 0 Å². The van der Waals surface area contributed by atoms with Crippen LogP contribution in [0.3, 0.4) is 0 Å². The van der Waals surface area contributed by atoms with Crippen LogP contribution in [0.4, 0.5) is 0 Å². The predicted octanol–water partition coefficient (Wildman–Crippen LogP) is 1.93. The Hall–Kier alpha value is -2.51. The van der Waals surface area contributed by atoms with Crippen molar-refractivity contribution in [3.8, 4) is 11.5 Å². The second-order valence-corrected chi connectivity index (χ2v) is 6.97. The number of ether oxygens (including phenoxy) is 2. The number of carbonyl (C=O) groups excluding carboxylic acids is 1. The maximum atomic E-state index is 12.9. The fraction of sp³-hybridized carbons (Fsp3) is 0.429. The highest BCUT2D eigenvalue weighted by Gasteiger charge is 2.21. The Morgan fingerprint density at radius 1 is 1.24 bits per heavy atom. The van der Waals surface area contributed by atoms with Gasteiger partial charge in [-0.15, -0.1) is 12.4 Å². The Morgan fingerprint density at radius 2 is 2.00 bits per heavy atom. The van der Waals surface area contributed by atoms with Gasteiger partial charge in [-0.05, 0) is 55.6 Å². The normalized spacial score (nSPS) is 15.5. The van der Waals surface area contributed by atoms with E-state index in [4.69, 9.17) is 9.47 Å². The first-order chi connectivity index (χ1) is 13.5. The highest BCUT2D eigenvalue weighted by molar-refractivity contribution is 5.95. The lowest BCUT2D eigenvalue weighted by molar-refractivity contribution is 0.0937. The van der Waals surface area contributed by atoms with Gasteiger partial charge in [-0.25, -0.2) is 0 Å². The molecule has 29 heavy (non-hydrogen) atoms. The molecule has 7 nitrogen and oxygen atoms in total. The third-order valence-corrected chi connectivity index (χ3v) is 5.09. The van der Waals surface area contributed by atoms with Crippen LogP contribution < -0.4 is 25.7 Å². The maximum Gasteiger partial charge on any atom is 0.263 e. The lowest BCUT2D eigenvalue weighted by atomic mass is 10.1. The zero-order chi connectivity index (χ0) is 20.1. The molecule has 0 spiro atoms. The van der Waals surface area contributed by atoms with Gasteiger partial charge in [0.2, 0.25) is 0 Å². The number of rotatable bonds is 7.